The first-order valence-electron chi connectivity index (χ1n) is 7.18. The lowest BCUT2D eigenvalue weighted by atomic mass is 9.55. The van der Waals surface area contributed by atoms with Gasteiger partial charge in [0.1, 0.15) is 5.82 Å². The van der Waals surface area contributed by atoms with Gasteiger partial charge in [-0.1, -0.05) is 26.0 Å². The molecule has 3 heteroatoms. The number of ether oxygens (including phenoxy) is 1. The molecule has 1 N–H and O–H groups in total. The van der Waals surface area contributed by atoms with Crippen molar-refractivity contribution in [3.8, 4) is 0 Å². The highest BCUT2D eigenvalue weighted by Crippen LogP contribution is 2.51. The number of fused-ring (bicyclic) bond motifs is 1. The summed E-state index contributed by atoms with van der Waals surface area (Å²) < 4.78 is 18.8. The maximum atomic E-state index is 12.9. The quantitative estimate of drug-likeness (QED) is 0.904. The molecule has 0 radical (unpaired) electrons. The molecule has 0 spiro atoms. The smallest absolute Gasteiger partial charge is 0.123 e. The van der Waals surface area contributed by atoms with E-state index in [1.165, 1.54) is 25.0 Å². The summed E-state index contributed by atoms with van der Waals surface area (Å²) in [4.78, 5) is 0. The van der Waals surface area contributed by atoms with E-state index in [4.69, 9.17) is 4.74 Å². The molecule has 1 heterocycles. The Balaban J connectivity index is 1.62. The van der Waals surface area contributed by atoms with Gasteiger partial charge in [-0.3, -0.25) is 0 Å². The second kappa shape index (κ2) is 4.88. The highest BCUT2D eigenvalue weighted by molar-refractivity contribution is 5.17. The minimum absolute atomic E-state index is 0.173. The summed E-state index contributed by atoms with van der Waals surface area (Å²) in [6.07, 6.45) is 2.84. The maximum absolute atomic E-state index is 12.9. The largest absolute Gasteiger partial charge is 0.377 e. The number of halogens is 1. The number of rotatable bonds is 3. The van der Waals surface area contributed by atoms with E-state index in [0.717, 1.165) is 18.7 Å². The summed E-state index contributed by atoms with van der Waals surface area (Å²) >= 11 is 0. The highest BCUT2D eigenvalue weighted by atomic mass is 19.1. The van der Waals surface area contributed by atoms with Crippen molar-refractivity contribution < 1.29 is 9.13 Å². The maximum Gasteiger partial charge on any atom is 0.123 e. The summed E-state index contributed by atoms with van der Waals surface area (Å²) in [5.41, 5.74) is 1.34. The van der Waals surface area contributed by atoms with Gasteiger partial charge in [0.2, 0.25) is 0 Å². The van der Waals surface area contributed by atoms with Crippen molar-refractivity contribution >= 4 is 0 Å². The van der Waals surface area contributed by atoms with Gasteiger partial charge in [-0.25, -0.2) is 4.39 Å². The number of benzene rings is 1. The molecule has 0 bridgehead atoms. The predicted octanol–water partition coefficient (Wildman–Crippen LogP) is 3.12. The standard InChI is InChI=1S/C16H22FNO/c1-16(2)14(13-4-3-9-19-15(13)16)18-10-11-5-7-12(17)8-6-11/h5-8,13-15,18H,3-4,9-10H2,1-2H3. The normalized spacial score (nSPS) is 32.5. The lowest BCUT2D eigenvalue weighted by Crippen LogP contribution is -2.69. The van der Waals surface area contributed by atoms with Crippen LogP contribution in [0.3, 0.4) is 0 Å². The molecule has 0 amide bonds. The van der Waals surface area contributed by atoms with E-state index in [9.17, 15) is 4.39 Å². The Morgan fingerprint density at radius 2 is 2.05 bits per heavy atom. The van der Waals surface area contributed by atoms with Crippen LogP contribution in [0.5, 0.6) is 0 Å². The second-order valence-electron chi connectivity index (χ2n) is 6.40. The molecule has 3 atom stereocenters. The summed E-state index contributed by atoms with van der Waals surface area (Å²) in [5, 5.41) is 3.64. The van der Waals surface area contributed by atoms with Crippen molar-refractivity contribution in [3.63, 3.8) is 0 Å². The van der Waals surface area contributed by atoms with Crippen molar-refractivity contribution in [2.45, 2.75) is 45.4 Å². The molecule has 2 fully saturated rings. The minimum Gasteiger partial charge on any atom is -0.377 e. The van der Waals surface area contributed by atoms with E-state index in [-0.39, 0.29) is 11.2 Å². The first kappa shape index (κ1) is 13.1. The van der Waals surface area contributed by atoms with Crippen LogP contribution in [0.1, 0.15) is 32.3 Å². The van der Waals surface area contributed by atoms with Gasteiger partial charge in [0.15, 0.2) is 0 Å². The van der Waals surface area contributed by atoms with Crippen molar-refractivity contribution in [3.05, 3.63) is 35.6 Å². The van der Waals surface area contributed by atoms with Crippen LogP contribution < -0.4 is 5.32 Å². The summed E-state index contributed by atoms with van der Waals surface area (Å²) in [5.74, 6) is 0.470. The molecule has 1 saturated heterocycles. The van der Waals surface area contributed by atoms with Crippen LogP contribution in [0.2, 0.25) is 0 Å². The Kier molecular flexibility index (Phi) is 3.35. The van der Waals surface area contributed by atoms with Gasteiger partial charge in [-0.2, -0.15) is 0 Å². The van der Waals surface area contributed by atoms with E-state index < -0.39 is 0 Å². The van der Waals surface area contributed by atoms with E-state index in [0.29, 0.717) is 18.1 Å². The third-order valence-electron chi connectivity index (χ3n) is 4.77. The number of hydrogen-bond donors (Lipinski definition) is 1. The van der Waals surface area contributed by atoms with Gasteiger partial charge in [0.25, 0.3) is 0 Å². The van der Waals surface area contributed by atoms with E-state index in [1.54, 1.807) is 0 Å². The molecule has 1 aromatic rings. The molecule has 3 unspecified atom stereocenters. The van der Waals surface area contributed by atoms with Crippen molar-refractivity contribution in [2.75, 3.05) is 6.61 Å². The summed E-state index contributed by atoms with van der Waals surface area (Å²) in [6, 6.07) is 7.25. The molecule has 1 saturated carbocycles. The average Bonchev–Trinajstić information content (AvgIpc) is 2.41. The molecule has 104 valence electrons. The fourth-order valence-electron chi connectivity index (χ4n) is 3.77. The van der Waals surface area contributed by atoms with E-state index in [1.807, 2.05) is 12.1 Å². The second-order valence-corrected chi connectivity index (χ2v) is 6.40. The van der Waals surface area contributed by atoms with E-state index in [2.05, 4.69) is 19.2 Å². The van der Waals surface area contributed by atoms with Crippen LogP contribution in [0.4, 0.5) is 4.39 Å². The zero-order valence-electron chi connectivity index (χ0n) is 11.7. The molecule has 0 aromatic heterocycles. The van der Waals surface area contributed by atoms with Gasteiger partial charge >= 0.3 is 0 Å². The van der Waals surface area contributed by atoms with Crippen LogP contribution in [0, 0.1) is 17.2 Å². The lowest BCUT2D eigenvalue weighted by molar-refractivity contribution is -0.192. The van der Waals surface area contributed by atoms with Gasteiger partial charge in [0, 0.05) is 30.5 Å². The summed E-state index contributed by atoms with van der Waals surface area (Å²) in [7, 11) is 0. The van der Waals surface area contributed by atoms with Crippen LogP contribution >= 0.6 is 0 Å². The third kappa shape index (κ3) is 2.30. The zero-order valence-corrected chi connectivity index (χ0v) is 11.7. The SMILES string of the molecule is CC1(C)C(NCc2ccc(F)cc2)C2CCCOC21. The Bertz CT molecular complexity index is 443. The van der Waals surface area contributed by atoms with Gasteiger partial charge < -0.3 is 10.1 Å². The fourth-order valence-corrected chi connectivity index (χ4v) is 3.77. The van der Waals surface area contributed by atoms with Crippen molar-refractivity contribution in [1.82, 2.24) is 5.32 Å². The monoisotopic (exact) mass is 263 g/mol. The molecular weight excluding hydrogens is 241 g/mol. The molecule has 1 aliphatic heterocycles. The first-order chi connectivity index (χ1) is 9.09. The molecule has 3 rings (SSSR count). The highest BCUT2D eigenvalue weighted by Gasteiger charge is 2.57. The van der Waals surface area contributed by atoms with Crippen molar-refractivity contribution in [2.24, 2.45) is 11.3 Å². The minimum atomic E-state index is -0.173. The van der Waals surface area contributed by atoms with Crippen LogP contribution in [-0.4, -0.2) is 18.8 Å². The Hall–Kier alpha value is -0.930. The fraction of sp³-hybridized carbons (Fsp3) is 0.625. The Labute approximate surface area is 114 Å². The van der Waals surface area contributed by atoms with Crippen LogP contribution in [-0.2, 0) is 11.3 Å². The zero-order chi connectivity index (χ0) is 13.5. The topological polar surface area (TPSA) is 21.3 Å². The van der Waals surface area contributed by atoms with Crippen LogP contribution in [0.25, 0.3) is 0 Å². The molecule has 19 heavy (non-hydrogen) atoms. The van der Waals surface area contributed by atoms with Crippen molar-refractivity contribution in [1.29, 1.82) is 0 Å². The molecule has 1 aromatic carbocycles. The third-order valence-corrected chi connectivity index (χ3v) is 4.77. The first-order valence-corrected chi connectivity index (χ1v) is 7.18. The Morgan fingerprint density at radius 3 is 2.79 bits per heavy atom. The Morgan fingerprint density at radius 1 is 1.32 bits per heavy atom. The van der Waals surface area contributed by atoms with E-state index >= 15 is 0 Å². The average molecular weight is 263 g/mol. The molecule has 1 aliphatic carbocycles. The lowest BCUT2D eigenvalue weighted by Gasteiger charge is -2.60. The summed E-state index contributed by atoms with van der Waals surface area (Å²) in [6.45, 7) is 6.27. The number of nitrogens with one attached hydrogen (secondary N) is 1. The van der Waals surface area contributed by atoms with Gasteiger partial charge in [-0.05, 0) is 30.5 Å². The predicted molar refractivity (Wildman–Crippen MR) is 73.3 cm³/mol. The number of hydrogen-bond acceptors (Lipinski definition) is 2. The molecular formula is C16H22FNO. The van der Waals surface area contributed by atoms with Gasteiger partial charge in [0.05, 0.1) is 6.10 Å². The van der Waals surface area contributed by atoms with Crippen LogP contribution in [0.15, 0.2) is 24.3 Å². The van der Waals surface area contributed by atoms with Gasteiger partial charge in [-0.15, -0.1) is 0 Å². The molecule has 2 nitrogen and oxygen atoms in total. The molecule has 2 aliphatic rings.